The minimum absolute atomic E-state index is 0.683. The van der Waals surface area contributed by atoms with Crippen LogP contribution in [-0.4, -0.2) is 36.6 Å². The van der Waals surface area contributed by atoms with Gasteiger partial charge in [-0.3, -0.25) is 4.90 Å². The van der Waals surface area contributed by atoms with E-state index in [4.69, 9.17) is 0 Å². The number of piperidine rings is 1. The normalized spacial score (nSPS) is 24.3. The fourth-order valence-corrected chi connectivity index (χ4v) is 3.27. The Morgan fingerprint density at radius 2 is 1.95 bits per heavy atom. The molecule has 1 heterocycles. The standard InChI is InChI=1S/C17H36N2/c1-5-10-16-11-8-9-13-19(16)14-17(15(4)7-3)18-12-6-2/h15-18H,5-14H2,1-4H3. The Balaban J connectivity index is 2.53. The molecule has 1 aliphatic heterocycles. The monoisotopic (exact) mass is 268 g/mol. The third-order valence-electron chi connectivity index (χ3n) is 4.79. The summed E-state index contributed by atoms with van der Waals surface area (Å²) in [6.07, 6.45) is 9.52. The Morgan fingerprint density at radius 3 is 2.58 bits per heavy atom. The quantitative estimate of drug-likeness (QED) is 0.678. The van der Waals surface area contributed by atoms with Crippen LogP contribution in [-0.2, 0) is 0 Å². The molecular weight excluding hydrogens is 232 g/mol. The van der Waals surface area contributed by atoms with E-state index >= 15 is 0 Å². The first-order chi connectivity index (χ1) is 9.22. The number of hydrogen-bond donors (Lipinski definition) is 1. The van der Waals surface area contributed by atoms with Gasteiger partial charge < -0.3 is 5.32 Å². The lowest BCUT2D eigenvalue weighted by molar-refractivity contribution is 0.113. The van der Waals surface area contributed by atoms with E-state index in [1.807, 2.05) is 0 Å². The molecule has 19 heavy (non-hydrogen) atoms. The topological polar surface area (TPSA) is 15.3 Å². The first-order valence-electron chi connectivity index (χ1n) is 8.70. The molecule has 1 aliphatic rings. The number of nitrogens with one attached hydrogen (secondary N) is 1. The third-order valence-corrected chi connectivity index (χ3v) is 4.79. The predicted molar refractivity (Wildman–Crippen MR) is 85.7 cm³/mol. The van der Waals surface area contributed by atoms with Crippen molar-refractivity contribution in [2.45, 2.75) is 84.7 Å². The third kappa shape index (κ3) is 5.83. The van der Waals surface area contributed by atoms with Gasteiger partial charge in [0.05, 0.1) is 0 Å². The van der Waals surface area contributed by atoms with Crippen LogP contribution in [0.3, 0.4) is 0 Å². The maximum Gasteiger partial charge on any atom is 0.0220 e. The molecule has 0 aromatic rings. The first-order valence-corrected chi connectivity index (χ1v) is 8.70. The van der Waals surface area contributed by atoms with Crippen molar-refractivity contribution in [1.29, 1.82) is 0 Å². The second kappa shape index (κ2) is 9.77. The van der Waals surface area contributed by atoms with Gasteiger partial charge in [0.2, 0.25) is 0 Å². The summed E-state index contributed by atoms with van der Waals surface area (Å²) in [5.74, 6) is 0.788. The molecule has 0 aromatic carbocycles. The summed E-state index contributed by atoms with van der Waals surface area (Å²) in [4.78, 5) is 2.78. The van der Waals surface area contributed by atoms with E-state index in [1.54, 1.807) is 0 Å². The molecule has 3 unspecified atom stereocenters. The van der Waals surface area contributed by atoms with Gasteiger partial charge in [0.15, 0.2) is 0 Å². The second-order valence-corrected chi connectivity index (χ2v) is 6.38. The zero-order valence-corrected chi connectivity index (χ0v) is 13.8. The van der Waals surface area contributed by atoms with Crippen molar-refractivity contribution < 1.29 is 0 Å². The maximum absolute atomic E-state index is 3.79. The van der Waals surface area contributed by atoms with Gasteiger partial charge >= 0.3 is 0 Å². The van der Waals surface area contributed by atoms with Crippen molar-refractivity contribution in [1.82, 2.24) is 10.2 Å². The van der Waals surface area contributed by atoms with E-state index in [0.29, 0.717) is 6.04 Å². The van der Waals surface area contributed by atoms with Gasteiger partial charge in [-0.2, -0.15) is 0 Å². The molecule has 1 rings (SSSR count). The number of rotatable bonds is 9. The van der Waals surface area contributed by atoms with Crippen LogP contribution < -0.4 is 5.32 Å². The van der Waals surface area contributed by atoms with Crippen molar-refractivity contribution in [2.75, 3.05) is 19.6 Å². The van der Waals surface area contributed by atoms with Crippen LogP contribution in [0.5, 0.6) is 0 Å². The SMILES string of the molecule is CCCNC(CN1CCCCC1CCC)C(C)CC. The number of hydrogen-bond acceptors (Lipinski definition) is 2. The van der Waals surface area contributed by atoms with E-state index in [2.05, 4.69) is 37.9 Å². The largest absolute Gasteiger partial charge is 0.312 e. The highest BCUT2D eigenvalue weighted by molar-refractivity contribution is 4.83. The second-order valence-electron chi connectivity index (χ2n) is 6.38. The summed E-state index contributed by atoms with van der Waals surface area (Å²) in [6, 6.07) is 1.54. The lowest BCUT2D eigenvalue weighted by Crippen LogP contribution is -2.50. The minimum atomic E-state index is 0.683. The van der Waals surface area contributed by atoms with Gasteiger partial charge in [0.25, 0.3) is 0 Å². The number of nitrogens with zero attached hydrogens (tertiary/aromatic N) is 1. The number of likely N-dealkylation sites (tertiary alicyclic amines) is 1. The highest BCUT2D eigenvalue weighted by Gasteiger charge is 2.25. The van der Waals surface area contributed by atoms with Gasteiger partial charge in [0.1, 0.15) is 0 Å². The predicted octanol–water partition coefficient (Wildman–Crippen LogP) is 4.06. The molecule has 2 heteroatoms. The van der Waals surface area contributed by atoms with Crippen LogP contribution in [0.4, 0.5) is 0 Å². The summed E-state index contributed by atoms with van der Waals surface area (Å²) < 4.78 is 0. The average Bonchev–Trinajstić information content (AvgIpc) is 2.44. The Hall–Kier alpha value is -0.0800. The van der Waals surface area contributed by atoms with Crippen LogP contribution in [0, 0.1) is 5.92 Å². The molecule has 1 saturated heterocycles. The highest BCUT2D eigenvalue weighted by atomic mass is 15.2. The lowest BCUT2D eigenvalue weighted by Gasteiger charge is -2.39. The summed E-state index contributed by atoms with van der Waals surface area (Å²) in [5, 5.41) is 3.79. The van der Waals surface area contributed by atoms with E-state index < -0.39 is 0 Å². The van der Waals surface area contributed by atoms with Crippen molar-refractivity contribution in [3.8, 4) is 0 Å². The summed E-state index contributed by atoms with van der Waals surface area (Å²) >= 11 is 0. The molecule has 2 nitrogen and oxygen atoms in total. The molecule has 0 aromatic heterocycles. The molecule has 0 saturated carbocycles. The van der Waals surface area contributed by atoms with Crippen LogP contribution in [0.15, 0.2) is 0 Å². The molecular formula is C17H36N2. The van der Waals surface area contributed by atoms with Crippen molar-refractivity contribution in [3.05, 3.63) is 0 Å². The molecule has 1 fully saturated rings. The Bertz CT molecular complexity index is 215. The van der Waals surface area contributed by atoms with Crippen molar-refractivity contribution in [3.63, 3.8) is 0 Å². The van der Waals surface area contributed by atoms with Crippen molar-refractivity contribution in [2.24, 2.45) is 5.92 Å². The molecule has 3 atom stereocenters. The summed E-state index contributed by atoms with van der Waals surface area (Å²) in [7, 11) is 0. The minimum Gasteiger partial charge on any atom is -0.312 e. The van der Waals surface area contributed by atoms with Gasteiger partial charge in [-0.05, 0) is 44.7 Å². The summed E-state index contributed by atoms with van der Waals surface area (Å²) in [5.41, 5.74) is 0. The Morgan fingerprint density at radius 1 is 1.16 bits per heavy atom. The fraction of sp³-hybridized carbons (Fsp3) is 1.00. The molecule has 0 amide bonds. The van der Waals surface area contributed by atoms with E-state index in [-0.39, 0.29) is 0 Å². The fourth-order valence-electron chi connectivity index (χ4n) is 3.27. The Labute approximate surface area is 121 Å². The van der Waals surface area contributed by atoms with Crippen LogP contribution in [0.1, 0.15) is 72.6 Å². The van der Waals surface area contributed by atoms with Gasteiger partial charge in [0, 0.05) is 18.6 Å². The molecule has 0 bridgehead atoms. The zero-order valence-electron chi connectivity index (χ0n) is 13.8. The van der Waals surface area contributed by atoms with E-state index in [9.17, 15) is 0 Å². The van der Waals surface area contributed by atoms with Crippen LogP contribution >= 0.6 is 0 Å². The van der Waals surface area contributed by atoms with Gasteiger partial charge in [-0.15, -0.1) is 0 Å². The summed E-state index contributed by atoms with van der Waals surface area (Å²) in [6.45, 7) is 13.1. The zero-order chi connectivity index (χ0) is 14.1. The first kappa shape index (κ1) is 17.0. The molecule has 0 aliphatic carbocycles. The Kier molecular flexibility index (Phi) is 8.72. The smallest absolute Gasteiger partial charge is 0.0220 e. The molecule has 114 valence electrons. The van der Waals surface area contributed by atoms with Crippen LogP contribution in [0.25, 0.3) is 0 Å². The van der Waals surface area contributed by atoms with E-state index in [0.717, 1.165) is 12.0 Å². The molecule has 0 spiro atoms. The van der Waals surface area contributed by atoms with Gasteiger partial charge in [-0.1, -0.05) is 47.0 Å². The average molecular weight is 268 g/mol. The van der Waals surface area contributed by atoms with Gasteiger partial charge in [-0.25, -0.2) is 0 Å². The van der Waals surface area contributed by atoms with Crippen LogP contribution in [0.2, 0.25) is 0 Å². The lowest BCUT2D eigenvalue weighted by atomic mass is 9.94. The highest BCUT2D eigenvalue weighted by Crippen LogP contribution is 2.22. The van der Waals surface area contributed by atoms with Crippen molar-refractivity contribution >= 4 is 0 Å². The molecule has 1 N–H and O–H groups in total. The molecule has 0 radical (unpaired) electrons. The van der Waals surface area contributed by atoms with E-state index in [1.165, 1.54) is 64.6 Å². The maximum atomic E-state index is 3.79.